The molecule has 0 radical (unpaired) electrons. The van der Waals surface area contributed by atoms with Crippen LogP contribution in [-0.2, 0) is 6.54 Å². The van der Waals surface area contributed by atoms with Gasteiger partial charge in [0.15, 0.2) is 0 Å². The Morgan fingerprint density at radius 3 is 2.63 bits per heavy atom. The van der Waals surface area contributed by atoms with Crippen molar-refractivity contribution in [1.29, 1.82) is 0 Å². The van der Waals surface area contributed by atoms with Gasteiger partial charge in [-0.3, -0.25) is 15.1 Å². The minimum atomic E-state index is -0.376. The van der Waals surface area contributed by atoms with Gasteiger partial charge in [0.05, 0.1) is 17.2 Å². The standard InChI is InChI=1S/C14H15N3O2/c1-10-5-3-8-13(17(18)19)14(10)15-9-12-7-4-6-11(2)16-12/h3-8,15H,9H2,1-2H3. The van der Waals surface area contributed by atoms with Crippen LogP contribution in [0.1, 0.15) is 17.0 Å². The molecule has 19 heavy (non-hydrogen) atoms. The molecule has 0 fully saturated rings. The molecule has 0 aliphatic carbocycles. The average molecular weight is 257 g/mol. The minimum absolute atomic E-state index is 0.0904. The average Bonchev–Trinajstić information content (AvgIpc) is 2.37. The molecule has 1 aromatic heterocycles. The maximum atomic E-state index is 11.0. The smallest absolute Gasteiger partial charge is 0.292 e. The number of anilines is 1. The molecule has 2 aromatic rings. The lowest BCUT2D eigenvalue weighted by molar-refractivity contribution is -0.384. The summed E-state index contributed by atoms with van der Waals surface area (Å²) in [5, 5.41) is 14.1. The molecule has 1 N–H and O–H groups in total. The number of nitrogens with zero attached hydrogens (tertiary/aromatic N) is 2. The molecule has 0 spiro atoms. The molecular formula is C14H15N3O2. The van der Waals surface area contributed by atoms with Crippen LogP contribution in [0.25, 0.3) is 0 Å². The highest BCUT2D eigenvalue weighted by Gasteiger charge is 2.14. The first-order valence-corrected chi connectivity index (χ1v) is 5.98. The molecule has 98 valence electrons. The first-order chi connectivity index (χ1) is 9.08. The van der Waals surface area contributed by atoms with E-state index in [0.29, 0.717) is 12.2 Å². The van der Waals surface area contributed by atoms with Gasteiger partial charge < -0.3 is 5.32 Å². The first kappa shape index (κ1) is 13.0. The van der Waals surface area contributed by atoms with Crippen molar-refractivity contribution in [2.75, 3.05) is 5.32 Å². The molecule has 5 nitrogen and oxygen atoms in total. The zero-order valence-corrected chi connectivity index (χ0v) is 10.9. The van der Waals surface area contributed by atoms with Crippen molar-refractivity contribution in [3.63, 3.8) is 0 Å². The second-order valence-corrected chi connectivity index (χ2v) is 4.35. The summed E-state index contributed by atoms with van der Waals surface area (Å²) in [6.45, 7) is 4.23. The summed E-state index contributed by atoms with van der Waals surface area (Å²) in [6.07, 6.45) is 0. The van der Waals surface area contributed by atoms with E-state index >= 15 is 0 Å². The van der Waals surface area contributed by atoms with Crippen molar-refractivity contribution in [1.82, 2.24) is 4.98 Å². The fraction of sp³-hybridized carbons (Fsp3) is 0.214. The number of rotatable bonds is 4. The van der Waals surface area contributed by atoms with Gasteiger partial charge >= 0.3 is 0 Å². The van der Waals surface area contributed by atoms with Crippen LogP contribution in [-0.4, -0.2) is 9.91 Å². The molecular weight excluding hydrogens is 242 g/mol. The van der Waals surface area contributed by atoms with E-state index in [9.17, 15) is 10.1 Å². The molecule has 0 atom stereocenters. The second-order valence-electron chi connectivity index (χ2n) is 4.35. The van der Waals surface area contributed by atoms with Gasteiger partial charge in [-0.15, -0.1) is 0 Å². The zero-order valence-electron chi connectivity index (χ0n) is 10.9. The maximum absolute atomic E-state index is 11.0. The molecule has 0 bridgehead atoms. The van der Waals surface area contributed by atoms with Gasteiger partial charge in [-0.05, 0) is 31.5 Å². The highest BCUT2D eigenvalue weighted by Crippen LogP contribution is 2.27. The predicted molar refractivity (Wildman–Crippen MR) is 74.1 cm³/mol. The molecule has 1 aromatic carbocycles. The van der Waals surface area contributed by atoms with E-state index in [2.05, 4.69) is 10.3 Å². The number of nitro groups is 1. The number of nitrogens with one attached hydrogen (secondary N) is 1. The molecule has 2 rings (SSSR count). The van der Waals surface area contributed by atoms with Crippen molar-refractivity contribution in [2.24, 2.45) is 0 Å². The van der Waals surface area contributed by atoms with Crippen molar-refractivity contribution < 1.29 is 4.92 Å². The Morgan fingerprint density at radius 2 is 1.95 bits per heavy atom. The maximum Gasteiger partial charge on any atom is 0.292 e. The van der Waals surface area contributed by atoms with Gasteiger partial charge in [0.2, 0.25) is 0 Å². The summed E-state index contributed by atoms with van der Waals surface area (Å²) < 4.78 is 0. The third kappa shape index (κ3) is 3.07. The Bertz CT molecular complexity index is 611. The number of hydrogen-bond donors (Lipinski definition) is 1. The molecule has 0 unspecified atom stereocenters. The minimum Gasteiger partial charge on any atom is -0.374 e. The van der Waals surface area contributed by atoms with E-state index in [1.165, 1.54) is 6.07 Å². The lowest BCUT2D eigenvalue weighted by atomic mass is 10.1. The number of aromatic nitrogens is 1. The third-order valence-corrected chi connectivity index (χ3v) is 2.84. The van der Waals surface area contributed by atoms with Crippen LogP contribution < -0.4 is 5.32 Å². The predicted octanol–water partition coefficient (Wildman–Crippen LogP) is 3.22. The van der Waals surface area contributed by atoms with Crippen LogP contribution in [0.4, 0.5) is 11.4 Å². The van der Waals surface area contributed by atoms with Gasteiger partial charge in [0, 0.05) is 11.8 Å². The molecule has 0 amide bonds. The van der Waals surface area contributed by atoms with E-state index in [4.69, 9.17) is 0 Å². The SMILES string of the molecule is Cc1cccc(CNc2c(C)cccc2[N+](=O)[O-])n1. The number of nitro benzene ring substituents is 1. The largest absolute Gasteiger partial charge is 0.374 e. The van der Waals surface area contributed by atoms with Crippen molar-refractivity contribution >= 4 is 11.4 Å². The summed E-state index contributed by atoms with van der Waals surface area (Å²) in [6, 6.07) is 10.8. The van der Waals surface area contributed by atoms with Crippen LogP contribution in [0, 0.1) is 24.0 Å². The van der Waals surface area contributed by atoms with Gasteiger partial charge in [0.1, 0.15) is 5.69 Å². The fourth-order valence-corrected chi connectivity index (χ4v) is 1.91. The third-order valence-electron chi connectivity index (χ3n) is 2.84. The first-order valence-electron chi connectivity index (χ1n) is 5.98. The van der Waals surface area contributed by atoms with Crippen molar-refractivity contribution in [3.05, 3.63) is 63.5 Å². The van der Waals surface area contributed by atoms with Gasteiger partial charge in [-0.1, -0.05) is 18.2 Å². The Labute approximate surface area is 111 Å². The number of benzene rings is 1. The lowest BCUT2D eigenvalue weighted by Gasteiger charge is -2.09. The quantitative estimate of drug-likeness (QED) is 0.674. The highest BCUT2D eigenvalue weighted by atomic mass is 16.6. The monoisotopic (exact) mass is 257 g/mol. The molecule has 1 heterocycles. The number of para-hydroxylation sites is 1. The van der Waals surface area contributed by atoms with E-state index in [1.54, 1.807) is 6.07 Å². The van der Waals surface area contributed by atoms with Crippen LogP contribution in [0.5, 0.6) is 0 Å². The van der Waals surface area contributed by atoms with E-state index in [-0.39, 0.29) is 10.6 Å². The highest BCUT2D eigenvalue weighted by molar-refractivity contribution is 5.65. The number of hydrogen-bond acceptors (Lipinski definition) is 4. The van der Waals surface area contributed by atoms with Crippen LogP contribution in [0.2, 0.25) is 0 Å². The zero-order chi connectivity index (χ0) is 13.8. The van der Waals surface area contributed by atoms with Crippen LogP contribution >= 0.6 is 0 Å². The van der Waals surface area contributed by atoms with Gasteiger partial charge in [-0.25, -0.2) is 0 Å². The fourth-order valence-electron chi connectivity index (χ4n) is 1.91. The van der Waals surface area contributed by atoms with Crippen molar-refractivity contribution in [2.45, 2.75) is 20.4 Å². The Balaban J connectivity index is 2.22. The summed E-state index contributed by atoms with van der Waals surface area (Å²) in [7, 11) is 0. The number of pyridine rings is 1. The second kappa shape index (κ2) is 5.48. The summed E-state index contributed by atoms with van der Waals surface area (Å²) in [5.41, 5.74) is 3.28. The summed E-state index contributed by atoms with van der Waals surface area (Å²) >= 11 is 0. The van der Waals surface area contributed by atoms with Crippen LogP contribution in [0.15, 0.2) is 36.4 Å². The Morgan fingerprint density at radius 1 is 1.21 bits per heavy atom. The van der Waals surface area contributed by atoms with E-state index in [1.807, 2.05) is 38.1 Å². The Kier molecular flexibility index (Phi) is 3.75. The molecule has 5 heteroatoms. The number of aryl methyl sites for hydroxylation is 2. The molecule has 0 aliphatic heterocycles. The summed E-state index contributed by atoms with van der Waals surface area (Å²) in [5.74, 6) is 0. The molecule has 0 aliphatic rings. The van der Waals surface area contributed by atoms with E-state index < -0.39 is 0 Å². The molecule has 0 saturated carbocycles. The summed E-state index contributed by atoms with van der Waals surface area (Å²) in [4.78, 5) is 15.0. The van der Waals surface area contributed by atoms with Gasteiger partial charge in [-0.2, -0.15) is 0 Å². The van der Waals surface area contributed by atoms with Crippen molar-refractivity contribution in [3.8, 4) is 0 Å². The topological polar surface area (TPSA) is 68.1 Å². The van der Waals surface area contributed by atoms with Crippen LogP contribution in [0.3, 0.4) is 0 Å². The normalized spacial score (nSPS) is 10.2. The molecule has 0 saturated heterocycles. The lowest BCUT2D eigenvalue weighted by Crippen LogP contribution is -2.06. The Hall–Kier alpha value is -2.43. The van der Waals surface area contributed by atoms with E-state index in [0.717, 1.165) is 17.0 Å². The van der Waals surface area contributed by atoms with Gasteiger partial charge in [0.25, 0.3) is 5.69 Å².